The van der Waals surface area contributed by atoms with Crippen molar-refractivity contribution in [1.29, 1.82) is 0 Å². The van der Waals surface area contributed by atoms with E-state index in [-0.39, 0.29) is 61.3 Å². The van der Waals surface area contributed by atoms with Crippen LogP contribution in [0, 0.1) is 0 Å². The molecule has 2 atom stereocenters. The van der Waals surface area contributed by atoms with Gasteiger partial charge in [0, 0.05) is 65.1 Å². The van der Waals surface area contributed by atoms with E-state index in [4.69, 9.17) is 70.1 Å². The number of esters is 1. The number of anilines is 2. The molecule has 11 nitrogen and oxygen atoms in total. The summed E-state index contributed by atoms with van der Waals surface area (Å²) in [7, 11) is 1.90. The summed E-state index contributed by atoms with van der Waals surface area (Å²) in [4.78, 5) is 42.5. The number of carboxylic acids is 1. The lowest BCUT2D eigenvalue weighted by atomic mass is 9.77. The SMILES string of the molecule is CN(c1ccccc1)c1ccc2c(c1)Oc1cc(OC(=O)OCc3ccc(OCC4=C(C(=O)O)N5CCC5SC4)cc3)ccc1C21OC(=O)c2c(Cl)c(Cl)c(Cl)c(Cl)c21. The van der Waals surface area contributed by atoms with Crippen molar-refractivity contribution >= 4 is 87.6 Å². The third-order valence-electron chi connectivity index (χ3n) is 10.6. The minimum atomic E-state index is -1.68. The highest BCUT2D eigenvalue weighted by Crippen LogP contribution is 2.61. The molecule has 4 aliphatic rings. The zero-order valence-electron chi connectivity index (χ0n) is 30.8. The first kappa shape index (κ1) is 39.2. The maximum Gasteiger partial charge on any atom is 0.514 e. The Bertz CT molecular complexity index is 2610. The van der Waals surface area contributed by atoms with Gasteiger partial charge < -0.3 is 38.6 Å². The zero-order chi connectivity index (χ0) is 41.2. The maximum absolute atomic E-state index is 13.7. The average Bonchev–Trinajstić information content (AvgIpc) is 3.53. The number of rotatable bonds is 9. The van der Waals surface area contributed by atoms with Gasteiger partial charge in [-0.15, -0.1) is 11.8 Å². The molecule has 0 radical (unpaired) electrons. The van der Waals surface area contributed by atoms with Gasteiger partial charge in [-0.25, -0.2) is 14.4 Å². The van der Waals surface area contributed by atoms with Gasteiger partial charge in [-0.2, -0.15) is 0 Å². The summed E-state index contributed by atoms with van der Waals surface area (Å²) in [6, 6.07) is 26.7. The standard InChI is InChI=1S/C43H30Cl4N2O9S/c1-48(24-5-3-2-4-6-24)25-9-13-28-30(17-25)57-31-18-27(12-14-29(31)43(28)34-33(41(52)58-43)35(44)37(46)38(47)36(34)45)56-42(53)55-19-22-7-10-26(11-8-22)54-20-23-21-59-32-15-16-49(32)39(23)40(50)51/h2-14,17-18,32H,15-16,19-21H2,1H3,(H,50,51). The lowest BCUT2D eigenvalue weighted by Crippen LogP contribution is -2.50. The van der Waals surface area contributed by atoms with Gasteiger partial charge in [-0.1, -0.05) is 76.7 Å². The van der Waals surface area contributed by atoms with Crippen LogP contribution in [-0.2, 0) is 26.5 Å². The lowest BCUT2D eigenvalue weighted by molar-refractivity contribution is -0.135. The number of carbonyl (C=O) groups is 3. The first-order valence-corrected chi connectivity index (χ1v) is 20.8. The molecule has 4 aliphatic heterocycles. The third kappa shape index (κ3) is 6.76. The van der Waals surface area contributed by atoms with E-state index in [1.54, 1.807) is 54.2 Å². The summed E-state index contributed by atoms with van der Waals surface area (Å²) in [5.74, 6) is 0.0328. The van der Waals surface area contributed by atoms with Crippen LogP contribution in [0.15, 0.2) is 102 Å². The highest BCUT2D eigenvalue weighted by molar-refractivity contribution is 8.00. The van der Waals surface area contributed by atoms with Crippen LogP contribution in [0.2, 0.25) is 20.1 Å². The van der Waals surface area contributed by atoms with Crippen molar-refractivity contribution in [3.63, 3.8) is 0 Å². The Labute approximate surface area is 361 Å². The number of carbonyl (C=O) groups excluding carboxylic acids is 2. The van der Waals surface area contributed by atoms with Gasteiger partial charge in [0.1, 0.15) is 41.9 Å². The van der Waals surface area contributed by atoms with Gasteiger partial charge >= 0.3 is 18.1 Å². The second-order valence-corrected chi connectivity index (χ2v) is 16.7. The molecular formula is C43H30Cl4N2O9S. The van der Waals surface area contributed by atoms with Gasteiger partial charge in [-0.05, 0) is 60.5 Å². The van der Waals surface area contributed by atoms with Gasteiger partial charge in [0.15, 0.2) is 5.60 Å². The number of fused-ring (bicyclic) bond motifs is 7. The summed E-state index contributed by atoms with van der Waals surface area (Å²) in [6.07, 6.45) is -0.00504. The van der Waals surface area contributed by atoms with Crippen LogP contribution >= 0.6 is 58.2 Å². The average molecular weight is 893 g/mol. The molecule has 300 valence electrons. The van der Waals surface area contributed by atoms with Crippen molar-refractivity contribution in [3.8, 4) is 23.0 Å². The van der Waals surface area contributed by atoms with Crippen LogP contribution in [0.25, 0.3) is 0 Å². The lowest BCUT2D eigenvalue weighted by Gasteiger charge is -2.46. The Balaban J connectivity index is 0.955. The molecule has 5 aromatic carbocycles. The minimum absolute atomic E-state index is 0.0208. The number of ether oxygens (including phenoxy) is 5. The Kier molecular flexibility index (Phi) is 10.3. The molecule has 59 heavy (non-hydrogen) atoms. The summed E-state index contributed by atoms with van der Waals surface area (Å²) in [6.45, 7) is 0.777. The highest BCUT2D eigenvalue weighted by Gasteiger charge is 2.56. The number of hydrogen-bond donors (Lipinski definition) is 1. The molecule has 5 aromatic rings. The quantitative estimate of drug-likeness (QED) is 0.0656. The highest BCUT2D eigenvalue weighted by atomic mass is 35.5. The van der Waals surface area contributed by atoms with E-state index in [0.717, 1.165) is 29.9 Å². The smallest absolute Gasteiger partial charge is 0.489 e. The van der Waals surface area contributed by atoms with Crippen LogP contribution in [0.1, 0.15) is 39.0 Å². The number of thioether (sulfide) groups is 1. The molecular weight excluding hydrogens is 862 g/mol. The number of para-hydroxylation sites is 1. The van der Waals surface area contributed by atoms with Gasteiger partial charge in [0.05, 0.1) is 31.0 Å². The first-order valence-electron chi connectivity index (χ1n) is 18.2. The van der Waals surface area contributed by atoms with Crippen molar-refractivity contribution in [1.82, 2.24) is 4.90 Å². The number of benzene rings is 5. The molecule has 9 rings (SSSR count). The number of aliphatic carboxylic acids is 1. The van der Waals surface area contributed by atoms with E-state index in [1.165, 1.54) is 12.1 Å². The van der Waals surface area contributed by atoms with Crippen LogP contribution in [0.5, 0.6) is 23.0 Å². The number of nitrogens with zero attached hydrogens (tertiary/aromatic N) is 2. The summed E-state index contributed by atoms with van der Waals surface area (Å²) in [5, 5.41) is 9.73. The Hall–Kier alpha value is -5.24. The monoisotopic (exact) mass is 890 g/mol. The van der Waals surface area contributed by atoms with Gasteiger partial charge in [-0.3, -0.25) is 0 Å². The van der Waals surface area contributed by atoms with Crippen LogP contribution in [0.4, 0.5) is 16.2 Å². The van der Waals surface area contributed by atoms with Gasteiger partial charge in [0.25, 0.3) is 0 Å². The molecule has 0 bridgehead atoms. The Morgan fingerprint density at radius 1 is 0.864 bits per heavy atom. The molecule has 0 saturated carbocycles. The van der Waals surface area contributed by atoms with Crippen molar-refractivity contribution in [2.45, 2.75) is 24.0 Å². The van der Waals surface area contributed by atoms with E-state index < -0.39 is 23.7 Å². The molecule has 1 spiro atoms. The third-order valence-corrected chi connectivity index (χ3v) is 13.8. The summed E-state index contributed by atoms with van der Waals surface area (Å²) >= 11 is 28.2. The molecule has 2 unspecified atom stereocenters. The molecule has 0 aliphatic carbocycles. The predicted octanol–water partition coefficient (Wildman–Crippen LogP) is 10.8. The van der Waals surface area contributed by atoms with Crippen LogP contribution < -0.4 is 19.1 Å². The fourth-order valence-corrected chi connectivity index (χ4v) is 9.98. The minimum Gasteiger partial charge on any atom is -0.489 e. The second kappa shape index (κ2) is 15.4. The van der Waals surface area contributed by atoms with Crippen LogP contribution in [-0.4, -0.2) is 59.4 Å². The normalized spacial score (nSPS) is 18.4. The topological polar surface area (TPSA) is 124 Å². The van der Waals surface area contributed by atoms with E-state index in [1.807, 2.05) is 53.2 Å². The van der Waals surface area contributed by atoms with Crippen LogP contribution in [0.3, 0.4) is 0 Å². The molecule has 16 heteroatoms. The van der Waals surface area contributed by atoms with E-state index in [0.29, 0.717) is 39.6 Å². The molecule has 1 N–H and O–H groups in total. The van der Waals surface area contributed by atoms with E-state index in [9.17, 15) is 19.5 Å². The van der Waals surface area contributed by atoms with Crippen molar-refractivity contribution in [2.75, 3.05) is 30.9 Å². The zero-order valence-corrected chi connectivity index (χ0v) is 34.6. The molecule has 4 heterocycles. The predicted molar refractivity (Wildman–Crippen MR) is 224 cm³/mol. The molecule has 0 aromatic heterocycles. The number of halogens is 4. The summed E-state index contributed by atoms with van der Waals surface area (Å²) in [5.41, 5.74) is 2.70. The number of carboxylic acid groups (broad SMARTS) is 1. The first-order chi connectivity index (χ1) is 28.4. The maximum atomic E-state index is 13.7. The second-order valence-electron chi connectivity index (χ2n) is 14.0. The fourth-order valence-electron chi connectivity index (χ4n) is 7.64. The van der Waals surface area contributed by atoms with Gasteiger partial charge in [0.2, 0.25) is 0 Å². The Morgan fingerprint density at radius 3 is 2.27 bits per heavy atom. The van der Waals surface area contributed by atoms with Crippen molar-refractivity contribution in [2.24, 2.45) is 0 Å². The fraction of sp³-hybridized carbons (Fsp3) is 0.186. The largest absolute Gasteiger partial charge is 0.514 e. The number of hydrogen-bond acceptors (Lipinski definition) is 11. The van der Waals surface area contributed by atoms with E-state index >= 15 is 0 Å². The molecule has 1 fully saturated rings. The summed E-state index contributed by atoms with van der Waals surface area (Å²) < 4.78 is 29.7. The van der Waals surface area contributed by atoms with Crippen molar-refractivity contribution in [3.05, 3.63) is 150 Å². The Morgan fingerprint density at radius 2 is 1.56 bits per heavy atom. The molecule has 0 amide bonds. The van der Waals surface area contributed by atoms with E-state index in [2.05, 4.69) is 0 Å². The van der Waals surface area contributed by atoms with Crippen molar-refractivity contribution < 1.29 is 43.2 Å². The molecule has 1 saturated heterocycles.